The van der Waals surface area contributed by atoms with Crippen molar-refractivity contribution in [3.05, 3.63) is 28.8 Å². The van der Waals surface area contributed by atoms with Crippen LogP contribution in [-0.4, -0.2) is 14.2 Å². The molecule has 19 heavy (non-hydrogen) atoms. The van der Waals surface area contributed by atoms with E-state index in [2.05, 4.69) is 45.3 Å². The van der Waals surface area contributed by atoms with Crippen molar-refractivity contribution in [2.75, 3.05) is 14.2 Å². The lowest BCUT2D eigenvalue weighted by Crippen LogP contribution is -2.33. The monoisotopic (exact) mass is 261 g/mol. The Kier molecular flexibility index (Phi) is 4.19. The molecule has 1 aliphatic rings. The highest BCUT2D eigenvalue weighted by Crippen LogP contribution is 2.49. The van der Waals surface area contributed by atoms with Crippen LogP contribution in [0.4, 0.5) is 0 Å². The second-order valence-corrected chi connectivity index (χ2v) is 6.28. The Labute approximate surface area is 117 Å². The molecule has 0 aromatic heterocycles. The van der Waals surface area contributed by atoms with Crippen LogP contribution in [0.25, 0.3) is 0 Å². The van der Waals surface area contributed by atoms with Crippen molar-refractivity contribution in [2.24, 2.45) is 5.41 Å². The minimum absolute atomic E-state index is 0.349. The predicted octanol–water partition coefficient (Wildman–Crippen LogP) is 4.15. The number of aryl methyl sites for hydroxylation is 2. The Morgan fingerprint density at radius 2 is 1.84 bits per heavy atom. The molecule has 0 heterocycles. The van der Waals surface area contributed by atoms with E-state index in [9.17, 15) is 0 Å². The fourth-order valence-corrected chi connectivity index (χ4v) is 3.79. The van der Waals surface area contributed by atoms with E-state index < -0.39 is 0 Å². The van der Waals surface area contributed by atoms with Gasteiger partial charge in [-0.3, -0.25) is 0 Å². The first-order valence-electron chi connectivity index (χ1n) is 7.34. The molecule has 1 saturated carbocycles. The third-order valence-electron chi connectivity index (χ3n) is 4.73. The maximum absolute atomic E-state index is 5.65. The largest absolute Gasteiger partial charge is 0.496 e. The lowest BCUT2D eigenvalue weighted by atomic mass is 9.75. The average Bonchev–Trinajstić information content (AvgIpc) is 2.80. The summed E-state index contributed by atoms with van der Waals surface area (Å²) in [6.07, 6.45) is 5.30. The molecule has 1 atom stereocenters. The van der Waals surface area contributed by atoms with Crippen molar-refractivity contribution in [3.63, 3.8) is 0 Å². The summed E-state index contributed by atoms with van der Waals surface area (Å²) in [5, 5.41) is 3.56. The Morgan fingerprint density at radius 3 is 2.37 bits per heavy atom. The van der Waals surface area contributed by atoms with Gasteiger partial charge in [0.15, 0.2) is 0 Å². The van der Waals surface area contributed by atoms with Crippen LogP contribution in [0, 0.1) is 19.3 Å². The molecule has 0 radical (unpaired) electrons. The van der Waals surface area contributed by atoms with E-state index >= 15 is 0 Å². The van der Waals surface area contributed by atoms with Gasteiger partial charge in [-0.25, -0.2) is 0 Å². The fraction of sp³-hybridized carbons (Fsp3) is 0.647. The molecule has 0 spiro atoms. The maximum atomic E-state index is 5.65. The van der Waals surface area contributed by atoms with Crippen LogP contribution >= 0.6 is 0 Å². The molecule has 1 fully saturated rings. The van der Waals surface area contributed by atoms with E-state index in [1.54, 1.807) is 7.11 Å². The average molecular weight is 261 g/mol. The van der Waals surface area contributed by atoms with Crippen molar-refractivity contribution in [1.29, 1.82) is 0 Å². The van der Waals surface area contributed by atoms with Crippen molar-refractivity contribution in [3.8, 4) is 5.75 Å². The highest BCUT2D eigenvalue weighted by Gasteiger charge is 2.38. The van der Waals surface area contributed by atoms with E-state index in [0.717, 1.165) is 5.75 Å². The highest BCUT2D eigenvalue weighted by molar-refractivity contribution is 5.46. The van der Waals surface area contributed by atoms with Gasteiger partial charge in [-0.15, -0.1) is 0 Å². The zero-order chi connectivity index (χ0) is 14.0. The highest BCUT2D eigenvalue weighted by atomic mass is 16.5. The van der Waals surface area contributed by atoms with Gasteiger partial charge >= 0.3 is 0 Å². The molecule has 2 rings (SSSR count). The maximum Gasteiger partial charge on any atom is 0.124 e. The molecular formula is C17H27NO. The molecule has 0 bridgehead atoms. The van der Waals surface area contributed by atoms with Crippen LogP contribution in [0.5, 0.6) is 5.75 Å². The Morgan fingerprint density at radius 1 is 1.21 bits per heavy atom. The van der Waals surface area contributed by atoms with Gasteiger partial charge in [0, 0.05) is 11.6 Å². The Bertz CT molecular complexity index is 447. The summed E-state index contributed by atoms with van der Waals surface area (Å²) >= 11 is 0. The second-order valence-electron chi connectivity index (χ2n) is 6.28. The topological polar surface area (TPSA) is 21.3 Å². The van der Waals surface area contributed by atoms with E-state index in [0.29, 0.717) is 11.5 Å². The molecule has 0 saturated heterocycles. The lowest BCUT2D eigenvalue weighted by molar-refractivity contribution is 0.227. The van der Waals surface area contributed by atoms with Gasteiger partial charge in [0.2, 0.25) is 0 Å². The number of benzene rings is 1. The number of ether oxygens (including phenoxy) is 1. The van der Waals surface area contributed by atoms with Crippen LogP contribution in [0.3, 0.4) is 0 Å². The molecule has 2 nitrogen and oxygen atoms in total. The normalized spacial score (nSPS) is 19.4. The molecule has 1 unspecified atom stereocenters. The molecule has 1 aliphatic carbocycles. The van der Waals surface area contributed by atoms with Crippen LogP contribution in [0.15, 0.2) is 12.1 Å². The summed E-state index contributed by atoms with van der Waals surface area (Å²) in [4.78, 5) is 0. The molecule has 1 aromatic rings. The Balaban J connectivity index is 2.48. The van der Waals surface area contributed by atoms with E-state index in [1.807, 2.05) is 0 Å². The number of rotatable bonds is 4. The van der Waals surface area contributed by atoms with Crippen molar-refractivity contribution in [2.45, 2.75) is 52.5 Å². The number of hydrogen-bond acceptors (Lipinski definition) is 2. The van der Waals surface area contributed by atoms with E-state index in [4.69, 9.17) is 4.74 Å². The zero-order valence-corrected chi connectivity index (χ0v) is 13.0. The smallest absolute Gasteiger partial charge is 0.124 e. The SMILES string of the molecule is CNC(c1c(C)cc(C)cc1OC)C1(C)CCCC1. The van der Waals surface area contributed by atoms with Gasteiger partial charge in [-0.05, 0) is 56.3 Å². The first kappa shape index (κ1) is 14.4. The van der Waals surface area contributed by atoms with Crippen LogP contribution in [0.2, 0.25) is 0 Å². The third-order valence-corrected chi connectivity index (χ3v) is 4.73. The molecular weight excluding hydrogens is 234 g/mol. The molecule has 1 aromatic carbocycles. The first-order valence-corrected chi connectivity index (χ1v) is 7.34. The third kappa shape index (κ3) is 2.64. The van der Waals surface area contributed by atoms with Gasteiger partial charge < -0.3 is 10.1 Å². The van der Waals surface area contributed by atoms with Gasteiger partial charge in [-0.1, -0.05) is 25.8 Å². The van der Waals surface area contributed by atoms with E-state index in [-0.39, 0.29) is 0 Å². The van der Waals surface area contributed by atoms with Gasteiger partial charge in [0.25, 0.3) is 0 Å². The van der Waals surface area contributed by atoms with Crippen LogP contribution in [-0.2, 0) is 0 Å². The Hall–Kier alpha value is -1.02. The summed E-state index contributed by atoms with van der Waals surface area (Å²) in [5.74, 6) is 1.03. The minimum Gasteiger partial charge on any atom is -0.496 e. The van der Waals surface area contributed by atoms with Crippen molar-refractivity contribution >= 4 is 0 Å². The van der Waals surface area contributed by atoms with Crippen molar-refractivity contribution < 1.29 is 4.74 Å². The summed E-state index contributed by atoms with van der Waals surface area (Å²) in [5.41, 5.74) is 4.30. The first-order chi connectivity index (χ1) is 9.01. The van der Waals surface area contributed by atoms with Crippen LogP contribution < -0.4 is 10.1 Å². The summed E-state index contributed by atoms with van der Waals surface area (Å²) in [6, 6.07) is 4.80. The molecule has 2 heteroatoms. The molecule has 1 N–H and O–H groups in total. The number of hydrogen-bond donors (Lipinski definition) is 1. The zero-order valence-electron chi connectivity index (χ0n) is 13.0. The standard InChI is InChI=1S/C17H27NO/c1-12-10-13(2)15(14(11-12)19-5)16(18-4)17(3)8-6-7-9-17/h10-11,16,18H,6-9H2,1-5H3. The quantitative estimate of drug-likeness (QED) is 0.879. The lowest BCUT2D eigenvalue weighted by Gasteiger charge is -2.36. The molecule has 0 amide bonds. The summed E-state index contributed by atoms with van der Waals surface area (Å²) < 4.78 is 5.65. The molecule has 0 aliphatic heterocycles. The minimum atomic E-state index is 0.349. The van der Waals surface area contributed by atoms with Crippen molar-refractivity contribution in [1.82, 2.24) is 5.32 Å². The number of methoxy groups -OCH3 is 1. The van der Waals surface area contributed by atoms with Gasteiger partial charge in [0.05, 0.1) is 7.11 Å². The summed E-state index contributed by atoms with van der Waals surface area (Å²) in [6.45, 7) is 6.75. The van der Waals surface area contributed by atoms with Gasteiger partial charge in [-0.2, -0.15) is 0 Å². The van der Waals surface area contributed by atoms with E-state index in [1.165, 1.54) is 42.4 Å². The fourth-order valence-electron chi connectivity index (χ4n) is 3.79. The number of nitrogens with one attached hydrogen (secondary N) is 1. The van der Waals surface area contributed by atoms with Crippen LogP contribution in [0.1, 0.15) is 55.3 Å². The van der Waals surface area contributed by atoms with Gasteiger partial charge in [0.1, 0.15) is 5.75 Å². The second kappa shape index (κ2) is 5.54. The molecule has 106 valence electrons. The predicted molar refractivity (Wildman–Crippen MR) is 80.8 cm³/mol. The summed E-state index contributed by atoms with van der Waals surface area (Å²) in [7, 11) is 3.86.